The maximum atomic E-state index is 6.21. The summed E-state index contributed by atoms with van der Waals surface area (Å²) in [5, 5.41) is 3.10. The van der Waals surface area contributed by atoms with E-state index in [1.807, 2.05) is 17.4 Å². The molecule has 2 heteroatoms. The first-order chi connectivity index (χ1) is 8.77. The molecule has 104 valence electrons. The molecule has 0 N–H and O–H groups in total. The molecule has 0 aromatic carbocycles. The lowest BCUT2D eigenvalue weighted by molar-refractivity contribution is 0.412. The Morgan fingerprint density at radius 2 is 1.78 bits per heavy atom. The molecular formula is C16H27ClS. The van der Waals surface area contributed by atoms with Crippen LogP contribution in [0.15, 0.2) is 11.4 Å². The molecule has 0 aliphatic rings. The summed E-state index contributed by atoms with van der Waals surface area (Å²) < 4.78 is 0. The van der Waals surface area contributed by atoms with E-state index in [2.05, 4.69) is 19.2 Å². The van der Waals surface area contributed by atoms with E-state index in [1.54, 1.807) is 0 Å². The van der Waals surface area contributed by atoms with Crippen molar-refractivity contribution in [3.8, 4) is 0 Å². The molecule has 0 aliphatic heterocycles. The van der Waals surface area contributed by atoms with Gasteiger partial charge in [-0.1, -0.05) is 76.8 Å². The maximum absolute atomic E-state index is 6.21. The number of hydrogen-bond donors (Lipinski definition) is 0. The molecule has 0 radical (unpaired) electrons. The normalized spacial score (nSPS) is 12.8. The Labute approximate surface area is 122 Å². The van der Waals surface area contributed by atoms with Crippen LogP contribution in [-0.2, 0) is 6.42 Å². The van der Waals surface area contributed by atoms with E-state index in [-0.39, 0.29) is 0 Å². The van der Waals surface area contributed by atoms with Crippen LogP contribution in [0.2, 0.25) is 5.02 Å². The third kappa shape index (κ3) is 6.24. The number of thiophene rings is 1. The first-order valence-electron chi connectivity index (χ1n) is 7.49. The van der Waals surface area contributed by atoms with Gasteiger partial charge in [0.2, 0.25) is 0 Å². The predicted molar refractivity (Wildman–Crippen MR) is 84.8 cm³/mol. The van der Waals surface area contributed by atoms with Gasteiger partial charge in [0.25, 0.3) is 0 Å². The van der Waals surface area contributed by atoms with Crippen molar-refractivity contribution in [2.75, 3.05) is 0 Å². The molecule has 1 aromatic heterocycles. The Morgan fingerprint density at radius 1 is 1.06 bits per heavy atom. The van der Waals surface area contributed by atoms with Crippen molar-refractivity contribution in [2.45, 2.75) is 71.6 Å². The van der Waals surface area contributed by atoms with Crippen molar-refractivity contribution in [3.05, 3.63) is 21.3 Å². The van der Waals surface area contributed by atoms with Gasteiger partial charge >= 0.3 is 0 Å². The van der Waals surface area contributed by atoms with E-state index in [1.165, 1.54) is 62.7 Å². The molecule has 18 heavy (non-hydrogen) atoms. The van der Waals surface area contributed by atoms with Gasteiger partial charge in [-0.15, -0.1) is 11.3 Å². The second-order valence-corrected chi connectivity index (χ2v) is 6.66. The Kier molecular flexibility index (Phi) is 8.79. The molecule has 0 amide bonds. The fourth-order valence-corrected chi connectivity index (χ4v) is 3.66. The molecule has 1 unspecified atom stereocenters. The first kappa shape index (κ1) is 16.0. The largest absolute Gasteiger partial charge is 0.147 e. The lowest BCUT2D eigenvalue weighted by Gasteiger charge is -2.16. The fraction of sp³-hybridized carbons (Fsp3) is 0.750. The van der Waals surface area contributed by atoms with Crippen molar-refractivity contribution >= 4 is 22.9 Å². The smallest absolute Gasteiger partial charge is 0.0545 e. The molecule has 1 atom stereocenters. The molecule has 1 rings (SSSR count). The Hall–Kier alpha value is -0.0100. The molecule has 0 fully saturated rings. The van der Waals surface area contributed by atoms with Gasteiger partial charge in [-0.05, 0) is 23.8 Å². The molecule has 0 spiro atoms. The van der Waals surface area contributed by atoms with Crippen LogP contribution in [-0.4, -0.2) is 0 Å². The number of rotatable bonds is 10. The summed E-state index contributed by atoms with van der Waals surface area (Å²) in [7, 11) is 0. The first-order valence-corrected chi connectivity index (χ1v) is 8.75. The summed E-state index contributed by atoms with van der Waals surface area (Å²) in [6.07, 6.45) is 12.1. The van der Waals surface area contributed by atoms with Gasteiger partial charge < -0.3 is 0 Å². The number of unbranched alkanes of at least 4 members (excludes halogenated alkanes) is 4. The van der Waals surface area contributed by atoms with E-state index < -0.39 is 0 Å². The molecule has 0 bridgehead atoms. The summed E-state index contributed by atoms with van der Waals surface area (Å²) >= 11 is 8.04. The van der Waals surface area contributed by atoms with Gasteiger partial charge in [0.15, 0.2) is 0 Å². The van der Waals surface area contributed by atoms with Crippen molar-refractivity contribution in [1.29, 1.82) is 0 Å². The third-order valence-corrected chi connectivity index (χ3v) is 5.01. The van der Waals surface area contributed by atoms with Gasteiger partial charge in [-0.25, -0.2) is 0 Å². The van der Waals surface area contributed by atoms with Crippen molar-refractivity contribution < 1.29 is 0 Å². The van der Waals surface area contributed by atoms with Crippen LogP contribution in [0.3, 0.4) is 0 Å². The molecule has 0 nitrogen and oxygen atoms in total. The second-order valence-electron chi connectivity index (χ2n) is 5.25. The third-order valence-electron chi connectivity index (χ3n) is 3.60. The van der Waals surface area contributed by atoms with Crippen molar-refractivity contribution in [3.63, 3.8) is 0 Å². The fourth-order valence-electron chi connectivity index (χ4n) is 2.43. The standard InChI is InChI=1S/C16H27ClS/c1-3-5-7-8-10-14(9-6-4-2)13-16-15(17)11-12-18-16/h11-12,14H,3-10,13H2,1-2H3. The maximum Gasteiger partial charge on any atom is 0.0545 e. The zero-order chi connectivity index (χ0) is 13.2. The molecule has 0 aliphatic carbocycles. The van der Waals surface area contributed by atoms with E-state index in [4.69, 9.17) is 11.6 Å². The average Bonchev–Trinajstić information content (AvgIpc) is 2.77. The monoisotopic (exact) mass is 286 g/mol. The van der Waals surface area contributed by atoms with E-state index in [0.29, 0.717) is 0 Å². The highest BCUT2D eigenvalue weighted by molar-refractivity contribution is 7.10. The van der Waals surface area contributed by atoms with Gasteiger partial charge in [0, 0.05) is 4.88 Å². The highest BCUT2D eigenvalue weighted by atomic mass is 35.5. The minimum atomic E-state index is 0.845. The molecule has 1 aromatic rings. The van der Waals surface area contributed by atoms with E-state index in [9.17, 15) is 0 Å². The Bertz CT molecular complexity index is 306. The highest BCUT2D eigenvalue weighted by Crippen LogP contribution is 2.29. The predicted octanol–water partition coefficient (Wildman–Crippen LogP) is 6.72. The van der Waals surface area contributed by atoms with Crippen LogP contribution < -0.4 is 0 Å². The quantitative estimate of drug-likeness (QED) is 0.419. The Balaban J connectivity index is 2.37. The van der Waals surface area contributed by atoms with Gasteiger partial charge in [0.05, 0.1) is 5.02 Å². The SMILES string of the molecule is CCCCCCC(CCCC)Cc1sccc1Cl. The van der Waals surface area contributed by atoms with Crippen LogP contribution >= 0.6 is 22.9 Å². The van der Waals surface area contributed by atoms with Crippen LogP contribution in [0, 0.1) is 5.92 Å². The van der Waals surface area contributed by atoms with Crippen molar-refractivity contribution in [2.24, 2.45) is 5.92 Å². The summed E-state index contributed by atoms with van der Waals surface area (Å²) in [6, 6.07) is 2.04. The van der Waals surface area contributed by atoms with Gasteiger partial charge in [-0.2, -0.15) is 0 Å². The Morgan fingerprint density at radius 3 is 2.39 bits per heavy atom. The summed E-state index contributed by atoms with van der Waals surface area (Å²) in [4.78, 5) is 1.40. The topological polar surface area (TPSA) is 0 Å². The lowest BCUT2D eigenvalue weighted by Crippen LogP contribution is -2.04. The van der Waals surface area contributed by atoms with Gasteiger partial charge in [0.1, 0.15) is 0 Å². The molecule has 0 saturated heterocycles. The van der Waals surface area contributed by atoms with Crippen molar-refractivity contribution in [1.82, 2.24) is 0 Å². The summed E-state index contributed by atoms with van der Waals surface area (Å²) in [5.74, 6) is 0.845. The van der Waals surface area contributed by atoms with Crippen LogP contribution in [0.25, 0.3) is 0 Å². The molecule has 0 saturated carbocycles. The van der Waals surface area contributed by atoms with E-state index >= 15 is 0 Å². The second kappa shape index (κ2) is 9.86. The summed E-state index contributed by atoms with van der Waals surface area (Å²) in [5.41, 5.74) is 0. The average molecular weight is 287 g/mol. The molecule has 1 heterocycles. The van der Waals surface area contributed by atoms with Gasteiger partial charge in [-0.3, -0.25) is 0 Å². The zero-order valence-electron chi connectivity index (χ0n) is 11.9. The van der Waals surface area contributed by atoms with Crippen LogP contribution in [0.1, 0.15) is 70.1 Å². The lowest BCUT2D eigenvalue weighted by atomic mass is 9.92. The number of halogens is 1. The summed E-state index contributed by atoms with van der Waals surface area (Å²) in [6.45, 7) is 4.56. The van der Waals surface area contributed by atoms with E-state index in [0.717, 1.165) is 10.9 Å². The minimum absolute atomic E-state index is 0.845. The minimum Gasteiger partial charge on any atom is -0.147 e. The zero-order valence-corrected chi connectivity index (χ0v) is 13.5. The highest BCUT2D eigenvalue weighted by Gasteiger charge is 2.12. The van der Waals surface area contributed by atoms with Crippen LogP contribution in [0.5, 0.6) is 0 Å². The molecular weight excluding hydrogens is 260 g/mol. The van der Waals surface area contributed by atoms with Crippen LogP contribution in [0.4, 0.5) is 0 Å². The number of hydrogen-bond acceptors (Lipinski definition) is 1.